The molecule has 0 saturated carbocycles. The van der Waals surface area contributed by atoms with Gasteiger partial charge in [-0.1, -0.05) is 36.4 Å². The predicted molar refractivity (Wildman–Crippen MR) is 144 cm³/mol. The molecule has 1 spiro atoms. The van der Waals surface area contributed by atoms with E-state index >= 15 is 0 Å². The minimum atomic E-state index is -4.81. The van der Waals surface area contributed by atoms with Gasteiger partial charge in [0.2, 0.25) is 0 Å². The number of carbonyl (C=O) groups is 1. The summed E-state index contributed by atoms with van der Waals surface area (Å²) < 4.78 is 56.1. The third-order valence-corrected chi connectivity index (χ3v) is 7.35. The van der Waals surface area contributed by atoms with Crippen LogP contribution in [0.5, 0.6) is 5.75 Å². The van der Waals surface area contributed by atoms with Crippen LogP contribution in [0.4, 0.5) is 18.0 Å². The number of hydrogen-bond acceptors (Lipinski definition) is 5. The summed E-state index contributed by atoms with van der Waals surface area (Å²) in [5.41, 5.74) is 1.54. The summed E-state index contributed by atoms with van der Waals surface area (Å²) in [5, 5.41) is 0. The van der Waals surface area contributed by atoms with Crippen LogP contribution in [0.15, 0.2) is 72.9 Å². The van der Waals surface area contributed by atoms with Crippen LogP contribution in [0.1, 0.15) is 63.1 Å². The number of pyridine rings is 1. The molecule has 2 aromatic carbocycles. The van der Waals surface area contributed by atoms with Crippen LogP contribution in [0.2, 0.25) is 0 Å². The quantitative estimate of drug-likeness (QED) is 0.331. The first-order valence-electron chi connectivity index (χ1n) is 13.4. The van der Waals surface area contributed by atoms with Crippen molar-refractivity contribution >= 4 is 6.09 Å². The maximum absolute atomic E-state index is 13.4. The van der Waals surface area contributed by atoms with Gasteiger partial charge in [0.25, 0.3) is 0 Å². The van der Waals surface area contributed by atoms with Gasteiger partial charge in [-0.3, -0.25) is 9.88 Å². The lowest BCUT2D eigenvalue weighted by Crippen LogP contribution is -2.53. The van der Waals surface area contributed by atoms with Gasteiger partial charge in [0, 0.05) is 24.2 Å². The topological polar surface area (TPSA) is 60.9 Å². The Balaban J connectivity index is 1.54. The van der Waals surface area contributed by atoms with E-state index in [1.807, 2.05) is 63.2 Å². The molecular formula is C31H33F3N2O4. The summed E-state index contributed by atoms with van der Waals surface area (Å²) in [5.74, 6) is -0.541. The Labute approximate surface area is 232 Å². The van der Waals surface area contributed by atoms with E-state index in [1.54, 1.807) is 23.2 Å². The SMILES string of the molecule is CC(C)(C)OC(=O)N1CCC[C@@]2(C[C@H](c3cc(OC(F)(F)F)ccc3-c3ccccn3)CO2)[C@@H]1c1ccccc1. The number of ether oxygens (including phenoxy) is 3. The van der Waals surface area contributed by atoms with E-state index in [2.05, 4.69) is 9.72 Å². The number of piperidine rings is 1. The van der Waals surface area contributed by atoms with Crippen molar-refractivity contribution in [3.8, 4) is 17.0 Å². The Hall–Kier alpha value is -3.59. The molecule has 3 atom stereocenters. The molecule has 5 rings (SSSR count). The molecule has 1 aromatic heterocycles. The second kappa shape index (κ2) is 10.8. The number of halogens is 3. The zero-order valence-electron chi connectivity index (χ0n) is 22.8. The third kappa shape index (κ3) is 6.09. The monoisotopic (exact) mass is 554 g/mol. The molecule has 0 radical (unpaired) electrons. The lowest BCUT2D eigenvalue weighted by molar-refractivity contribution is -0.274. The molecule has 2 saturated heterocycles. The summed E-state index contributed by atoms with van der Waals surface area (Å²) in [4.78, 5) is 19.6. The van der Waals surface area contributed by atoms with Crippen molar-refractivity contribution in [2.45, 2.75) is 69.6 Å². The number of nitrogens with zero attached hydrogens (tertiary/aromatic N) is 2. The number of hydrogen-bond donors (Lipinski definition) is 0. The normalized spacial score (nSPS) is 23.3. The molecule has 9 heteroatoms. The van der Waals surface area contributed by atoms with Gasteiger partial charge in [-0.05, 0) is 81.5 Å². The lowest BCUT2D eigenvalue weighted by Gasteiger charge is -2.47. The summed E-state index contributed by atoms with van der Waals surface area (Å²) in [6, 6.07) is 19.1. The van der Waals surface area contributed by atoms with Crippen LogP contribution in [-0.4, -0.2) is 46.7 Å². The molecule has 3 heterocycles. The van der Waals surface area contributed by atoms with Gasteiger partial charge in [-0.15, -0.1) is 13.2 Å². The van der Waals surface area contributed by atoms with E-state index in [0.717, 1.165) is 11.1 Å². The van der Waals surface area contributed by atoms with Gasteiger partial charge in [0.05, 0.1) is 23.9 Å². The van der Waals surface area contributed by atoms with Gasteiger partial charge in [-0.25, -0.2) is 4.79 Å². The third-order valence-electron chi connectivity index (χ3n) is 7.35. The van der Waals surface area contributed by atoms with Crippen molar-refractivity contribution in [3.05, 3.63) is 84.1 Å². The minimum absolute atomic E-state index is 0.251. The molecule has 40 heavy (non-hydrogen) atoms. The number of alkyl halides is 3. The molecule has 0 unspecified atom stereocenters. The first-order valence-corrected chi connectivity index (χ1v) is 13.4. The number of amides is 1. The van der Waals surface area contributed by atoms with Crippen LogP contribution < -0.4 is 4.74 Å². The van der Waals surface area contributed by atoms with Crippen LogP contribution in [-0.2, 0) is 9.47 Å². The highest BCUT2D eigenvalue weighted by Crippen LogP contribution is 2.52. The number of likely N-dealkylation sites (tertiary alicyclic amines) is 1. The van der Waals surface area contributed by atoms with Crippen molar-refractivity contribution < 1.29 is 32.2 Å². The lowest BCUT2D eigenvalue weighted by atomic mass is 9.75. The van der Waals surface area contributed by atoms with Gasteiger partial charge in [0.1, 0.15) is 11.4 Å². The number of rotatable bonds is 4. The molecular weight excluding hydrogens is 521 g/mol. The van der Waals surface area contributed by atoms with Crippen LogP contribution in [0.3, 0.4) is 0 Å². The van der Waals surface area contributed by atoms with Gasteiger partial charge in [0.15, 0.2) is 0 Å². The van der Waals surface area contributed by atoms with Crippen molar-refractivity contribution in [1.29, 1.82) is 0 Å². The predicted octanol–water partition coefficient (Wildman–Crippen LogP) is 7.66. The number of aromatic nitrogens is 1. The average molecular weight is 555 g/mol. The van der Waals surface area contributed by atoms with Gasteiger partial charge >= 0.3 is 12.5 Å². The Bertz CT molecular complexity index is 1330. The minimum Gasteiger partial charge on any atom is -0.444 e. The zero-order valence-corrected chi connectivity index (χ0v) is 22.8. The molecule has 6 nitrogen and oxygen atoms in total. The fourth-order valence-corrected chi connectivity index (χ4v) is 5.93. The molecule has 1 amide bonds. The summed E-state index contributed by atoms with van der Waals surface area (Å²) >= 11 is 0. The summed E-state index contributed by atoms with van der Waals surface area (Å²) in [7, 11) is 0. The molecule has 3 aromatic rings. The maximum Gasteiger partial charge on any atom is 0.573 e. The van der Waals surface area contributed by atoms with Crippen LogP contribution in [0, 0.1) is 0 Å². The zero-order chi connectivity index (χ0) is 28.5. The van der Waals surface area contributed by atoms with Crippen LogP contribution in [0.25, 0.3) is 11.3 Å². The van der Waals surface area contributed by atoms with E-state index in [0.29, 0.717) is 37.1 Å². The molecule has 212 valence electrons. The summed E-state index contributed by atoms with van der Waals surface area (Å²) in [6.45, 7) is 6.29. The van der Waals surface area contributed by atoms with E-state index < -0.39 is 29.7 Å². The van der Waals surface area contributed by atoms with E-state index in [1.165, 1.54) is 12.1 Å². The van der Waals surface area contributed by atoms with E-state index in [9.17, 15) is 18.0 Å². The molecule has 0 aliphatic carbocycles. The second-order valence-electron chi connectivity index (χ2n) is 11.4. The fraction of sp³-hybridized carbons (Fsp3) is 0.419. The first kappa shape index (κ1) is 28.0. The molecule has 0 N–H and O–H groups in total. The Morgan fingerprint density at radius 1 is 1.05 bits per heavy atom. The van der Waals surface area contributed by atoms with Crippen molar-refractivity contribution in [2.75, 3.05) is 13.2 Å². The Kier molecular flexibility index (Phi) is 7.52. The number of benzene rings is 2. The van der Waals surface area contributed by atoms with Gasteiger partial charge < -0.3 is 14.2 Å². The molecule has 2 aliphatic rings. The standard InChI is InChI=1S/C31H33F3N2O4/c1-29(2,3)40-28(37)36-17-9-15-30(27(36)21-10-5-4-6-11-21)19-22(20-38-30)25-18-23(39-31(32,33)34)13-14-24(25)26-12-7-8-16-35-26/h4-8,10-14,16,18,22,27H,9,15,17,19-20H2,1-3H3/t22-,27-,30+/m0/s1. The van der Waals surface area contributed by atoms with Crippen LogP contribution >= 0.6 is 0 Å². The highest BCUT2D eigenvalue weighted by Gasteiger charge is 2.53. The first-order chi connectivity index (χ1) is 18.9. The van der Waals surface area contributed by atoms with Crippen molar-refractivity contribution in [3.63, 3.8) is 0 Å². The number of carbonyl (C=O) groups excluding carboxylic acids is 1. The molecule has 0 bridgehead atoms. The highest BCUT2D eigenvalue weighted by molar-refractivity contribution is 5.70. The van der Waals surface area contributed by atoms with E-state index in [4.69, 9.17) is 9.47 Å². The fourth-order valence-electron chi connectivity index (χ4n) is 5.93. The average Bonchev–Trinajstić information content (AvgIpc) is 3.31. The molecule has 2 aliphatic heterocycles. The Morgan fingerprint density at radius 3 is 2.48 bits per heavy atom. The smallest absolute Gasteiger partial charge is 0.444 e. The van der Waals surface area contributed by atoms with Gasteiger partial charge in [-0.2, -0.15) is 0 Å². The van der Waals surface area contributed by atoms with Crippen molar-refractivity contribution in [1.82, 2.24) is 9.88 Å². The molecule has 2 fully saturated rings. The second-order valence-corrected chi connectivity index (χ2v) is 11.4. The highest BCUT2D eigenvalue weighted by atomic mass is 19.4. The largest absolute Gasteiger partial charge is 0.573 e. The van der Waals surface area contributed by atoms with Crippen molar-refractivity contribution in [2.24, 2.45) is 0 Å². The Morgan fingerprint density at radius 2 is 1.80 bits per heavy atom. The summed E-state index contributed by atoms with van der Waals surface area (Å²) in [6.07, 6.45) is -1.67. The maximum atomic E-state index is 13.4. The van der Waals surface area contributed by atoms with E-state index in [-0.39, 0.29) is 18.3 Å².